The van der Waals surface area contributed by atoms with E-state index >= 15 is 0 Å². The molecule has 31 heavy (non-hydrogen) atoms. The molecule has 2 aromatic heterocycles. The van der Waals surface area contributed by atoms with Crippen molar-refractivity contribution < 1.29 is 18.7 Å². The topological polar surface area (TPSA) is 79.4 Å². The largest absolute Gasteiger partial charge is 0.454 e. The van der Waals surface area contributed by atoms with Crippen molar-refractivity contribution in [1.82, 2.24) is 14.8 Å². The van der Waals surface area contributed by atoms with Gasteiger partial charge in [0.2, 0.25) is 12.6 Å². The summed E-state index contributed by atoms with van der Waals surface area (Å²) in [4.78, 5) is 12.8. The number of ether oxygens (including phenoxy) is 2. The molecule has 0 radical (unpaired) electrons. The number of nitrogens with zero attached hydrogens (tertiary/aromatic N) is 3. The van der Waals surface area contributed by atoms with Crippen LogP contribution in [0.2, 0.25) is 0 Å². The summed E-state index contributed by atoms with van der Waals surface area (Å²) in [6, 6.07) is 18.9. The molecule has 156 valence electrons. The number of carbonyl (C=O) groups excluding carboxylic acids is 1. The number of aromatic nitrogens is 3. The summed E-state index contributed by atoms with van der Waals surface area (Å²) in [5.74, 6) is 2.64. The van der Waals surface area contributed by atoms with Crippen LogP contribution >= 0.6 is 27.7 Å². The van der Waals surface area contributed by atoms with E-state index in [2.05, 4.69) is 26.1 Å². The fraction of sp³-hybridized carbons (Fsp3) is 0.136. The molecule has 0 bridgehead atoms. The molecule has 5 rings (SSSR count). The molecular formula is C22H16BrN3O4S. The van der Waals surface area contributed by atoms with Gasteiger partial charge in [-0.05, 0) is 51.8 Å². The normalized spacial score (nSPS) is 12.3. The van der Waals surface area contributed by atoms with Crippen LogP contribution in [0, 0.1) is 0 Å². The second-order valence-electron chi connectivity index (χ2n) is 6.76. The minimum atomic E-state index is -0.0279. The standard InChI is InChI=1S/C22H16BrN3O4S/c23-20-9-8-18(30-20)21-24-25-22(26(21)11-14-4-2-1-3-5-14)31-12-16(27)15-6-7-17-19(10-15)29-13-28-17/h1-10H,11-13H2. The lowest BCUT2D eigenvalue weighted by Gasteiger charge is -2.09. The van der Waals surface area contributed by atoms with Crippen LogP contribution in [0.3, 0.4) is 0 Å². The number of rotatable bonds is 7. The number of carbonyl (C=O) groups is 1. The Morgan fingerprint density at radius 3 is 2.68 bits per heavy atom. The predicted octanol–water partition coefficient (Wildman–Crippen LogP) is 5.05. The number of hydrogen-bond donors (Lipinski definition) is 0. The molecule has 0 N–H and O–H groups in total. The molecular weight excluding hydrogens is 482 g/mol. The molecule has 0 saturated heterocycles. The van der Waals surface area contributed by atoms with Gasteiger partial charge >= 0.3 is 0 Å². The average Bonchev–Trinajstić information content (AvgIpc) is 3.52. The van der Waals surface area contributed by atoms with Gasteiger partial charge in [-0.3, -0.25) is 9.36 Å². The van der Waals surface area contributed by atoms with Crippen molar-refractivity contribution in [3.05, 3.63) is 76.5 Å². The van der Waals surface area contributed by atoms with Gasteiger partial charge in [-0.1, -0.05) is 42.1 Å². The van der Waals surface area contributed by atoms with Crippen LogP contribution in [0.15, 0.2) is 74.9 Å². The maximum Gasteiger partial charge on any atom is 0.231 e. The van der Waals surface area contributed by atoms with Gasteiger partial charge in [-0.25, -0.2) is 0 Å². The van der Waals surface area contributed by atoms with Gasteiger partial charge in [-0.15, -0.1) is 10.2 Å². The first-order chi connectivity index (χ1) is 15.2. The lowest BCUT2D eigenvalue weighted by atomic mass is 10.1. The van der Waals surface area contributed by atoms with Crippen molar-refractivity contribution in [2.24, 2.45) is 0 Å². The summed E-state index contributed by atoms with van der Waals surface area (Å²) in [6.07, 6.45) is 0. The second kappa shape index (κ2) is 8.60. The maximum atomic E-state index is 12.8. The molecule has 9 heteroatoms. The van der Waals surface area contributed by atoms with Crippen LogP contribution < -0.4 is 9.47 Å². The third kappa shape index (κ3) is 4.24. The fourth-order valence-electron chi connectivity index (χ4n) is 3.20. The first kappa shape index (κ1) is 19.9. The number of Topliss-reactive ketones (excluding diaryl/α,β-unsaturated/α-hetero) is 1. The highest BCUT2D eigenvalue weighted by Crippen LogP contribution is 2.33. The van der Waals surface area contributed by atoms with E-state index in [4.69, 9.17) is 13.9 Å². The molecule has 0 amide bonds. The van der Waals surface area contributed by atoms with Crippen LogP contribution in [0.1, 0.15) is 15.9 Å². The Balaban J connectivity index is 1.39. The summed E-state index contributed by atoms with van der Waals surface area (Å²) in [6.45, 7) is 0.734. The Bertz CT molecular complexity index is 1240. The van der Waals surface area contributed by atoms with Crippen LogP contribution in [-0.4, -0.2) is 33.1 Å². The third-order valence-electron chi connectivity index (χ3n) is 4.72. The Morgan fingerprint density at radius 2 is 1.87 bits per heavy atom. The van der Waals surface area contributed by atoms with E-state index in [1.165, 1.54) is 11.8 Å². The van der Waals surface area contributed by atoms with Crippen LogP contribution in [0.5, 0.6) is 11.5 Å². The zero-order valence-corrected chi connectivity index (χ0v) is 18.6. The van der Waals surface area contributed by atoms with E-state index in [1.54, 1.807) is 18.2 Å². The molecule has 0 unspecified atom stereocenters. The first-order valence-corrected chi connectivity index (χ1v) is 11.2. The number of fused-ring (bicyclic) bond motifs is 1. The van der Waals surface area contributed by atoms with Gasteiger partial charge < -0.3 is 13.9 Å². The number of halogens is 1. The highest BCUT2D eigenvalue weighted by Gasteiger charge is 2.20. The first-order valence-electron chi connectivity index (χ1n) is 9.46. The van der Waals surface area contributed by atoms with Crippen molar-refractivity contribution in [2.45, 2.75) is 11.7 Å². The van der Waals surface area contributed by atoms with E-state index in [0.717, 1.165) is 5.56 Å². The molecule has 3 heterocycles. The van der Waals surface area contributed by atoms with Gasteiger partial charge in [-0.2, -0.15) is 0 Å². The average molecular weight is 498 g/mol. The van der Waals surface area contributed by atoms with E-state index in [0.29, 0.717) is 45.0 Å². The monoisotopic (exact) mass is 497 g/mol. The van der Waals surface area contributed by atoms with E-state index < -0.39 is 0 Å². The molecule has 0 aliphatic carbocycles. The third-order valence-corrected chi connectivity index (χ3v) is 6.11. The summed E-state index contributed by atoms with van der Waals surface area (Å²) < 4.78 is 18.9. The molecule has 7 nitrogen and oxygen atoms in total. The van der Waals surface area contributed by atoms with E-state index in [-0.39, 0.29) is 18.3 Å². The van der Waals surface area contributed by atoms with Gasteiger partial charge in [0.25, 0.3) is 0 Å². The quantitative estimate of drug-likeness (QED) is 0.261. The zero-order chi connectivity index (χ0) is 21.2. The fourth-order valence-corrected chi connectivity index (χ4v) is 4.34. The van der Waals surface area contributed by atoms with Crippen molar-refractivity contribution in [3.63, 3.8) is 0 Å². The number of ketones is 1. The Kier molecular flexibility index (Phi) is 5.52. The van der Waals surface area contributed by atoms with Crippen molar-refractivity contribution in [3.8, 4) is 23.1 Å². The van der Waals surface area contributed by atoms with Crippen molar-refractivity contribution >= 4 is 33.5 Å². The molecule has 1 aliphatic heterocycles. The predicted molar refractivity (Wildman–Crippen MR) is 119 cm³/mol. The minimum absolute atomic E-state index is 0.0279. The number of furan rings is 1. The summed E-state index contributed by atoms with van der Waals surface area (Å²) in [5.41, 5.74) is 1.67. The molecule has 0 atom stereocenters. The van der Waals surface area contributed by atoms with Crippen LogP contribution in [0.4, 0.5) is 0 Å². The second-order valence-corrected chi connectivity index (χ2v) is 8.49. The lowest BCUT2D eigenvalue weighted by Crippen LogP contribution is -2.07. The highest BCUT2D eigenvalue weighted by molar-refractivity contribution is 9.10. The summed E-state index contributed by atoms with van der Waals surface area (Å²) >= 11 is 4.67. The SMILES string of the molecule is O=C(CSc1nnc(-c2ccc(Br)o2)n1Cc1ccccc1)c1ccc2c(c1)OCO2. The zero-order valence-electron chi connectivity index (χ0n) is 16.2. The van der Waals surface area contributed by atoms with E-state index in [1.807, 2.05) is 47.0 Å². The Hall–Kier alpha value is -3.04. The smallest absolute Gasteiger partial charge is 0.231 e. The highest BCUT2D eigenvalue weighted by atomic mass is 79.9. The lowest BCUT2D eigenvalue weighted by molar-refractivity contribution is 0.102. The molecule has 0 spiro atoms. The van der Waals surface area contributed by atoms with Crippen LogP contribution in [0.25, 0.3) is 11.6 Å². The molecule has 0 fully saturated rings. The minimum Gasteiger partial charge on any atom is -0.454 e. The maximum absolute atomic E-state index is 12.8. The Morgan fingerprint density at radius 1 is 1.03 bits per heavy atom. The number of benzene rings is 2. The Labute approximate surface area is 190 Å². The number of thioether (sulfide) groups is 1. The molecule has 2 aromatic carbocycles. The van der Waals surface area contributed by atoms with E-state index in [9.17, 15) is 4.79 Å². The van der Waals surface area contributed by atoms with Gasteiger partial charge in [0.15, 0.2) is 32.9 Å². The molecule has 4 aromatic rings. The number of hydrogen-bond acceptors (Lipinski definition) is 7. The van der Waals surface area contributed by atoms with Crippen molar-refractivity contribution in [1.29, 1.82) is 0 Å². The summed E-state index contributed by atoms with van der Waals surface area (Å²) in [7, 11) is 0. The summed E-state index contributed by atoms with van der Waals surface area (Å²) in [5, 5.41) is 9.29. The van der Waals surface area contributed by atoms with Gasteiger partial charge in [0.05, 0.1) is 12.3 Å². The van der Waals surface area contributed by atoms with Gasteiger partial charge in [0, 0.05) is 5.56 Å². The van der Waals surface area contributed by atoms with Crippen molar-refractivity contribution in [2.75, 3.05) is 12.5 Å². The van der Waals surface area contributed by atoms with Crippen LogP contribution in [-0.2, 0) is 6.54 Å². The molecule has 1 aliphatic rings. The molecule has 0 saturated carbocycles. The van der Waals surface area contributed by atoms with Gasteiger partial charge in [0.1, 0.15) is 0 Å².